The molecule has 1 unspecified atom stereocenters. The molecule has 1 heterocycles. The summed E-state index contributed by atoms with van der Waals surface area (Å²) in [5.41, 5.74) is 2.22. The van der Waals surface area contributed by atoms with Crippen LogP contribution in [-0.2, 0) is 4.79 Å². The third-order valence-corrected chi connectivity index (χ3v) is 4.64. The number of hydrogen-bond acceptors (Lipinski definition) is 2. The number of fused-ring (bicyclic) bond motifs is 1. The number of carbonyl (C=O) groups excluding carboxylic acids is 1. The van der Waals surface area contributed by atoms with Crippen LogP contribution in [0.25, 0.3) is 0 Å². The molecule has 0 bridgehead atoms. The Morgan fingerprint density at radius 3 is 2.58 bits per heavy atom. The maximum atomic E-state index is 11.9. The van der Waals surface area contributed by atoms with E-state index >= 15 is 0 Å². The fraction of sp³-hybridized carbons (Fsp3) is 0.188. The van der Waals surface area contributed by atoms with E-state index in [0.29, 0.717) is 11.7 Å². The van der Waals surface area contributed by atoms with Crippen LogP contribution < -0.4 is 5.32 Å². The Kier molecular flexibility index (Phi) is 3.56. The van der Waals surface area contributed by atoms with Crippen molar-refractivity contribution >= 4 is 23.4 Å². The molecule has 0 radical (unpaired) electrons. The van der Waals surface area contributed by atoms with Crippen LogP contribution in [0, 0.1) is 0 Å². The van der Waals surface area contributed by atoms with E-state index in [0.717, 1.165) is 17.0 Å². The minimum atomic E-state index is 0.105. The summed E-state index contributed by atoms with van der Waals surface area (Å²) in [4.78, 5) is 13.0. The summed E-state index contributed by atoms with van der Waals surface area (Å²) >= 11 is 1.83. The monoisotopic (exact) mass is 269 g/mol. The van der Waals surface area contributed by atoms with E-state index in [1.54, 1.807) is 0 Å². The summed E-state index contributed by atoms with van der Waals surface area (Å²) in [6.45, 7) is 0. The lowest BCUT2D eigenvalue weighted by atomic mass is 10.1. The second kappa shape index (κ2) is 5.49. The summed E-state index contributed by atoms with van der Waals surface area (Å²) in [7, 11) is 0. The number of rotatable bonds is 1. The highest BCUT2D eigenvalue weighted by molar-refractivity contribution is 7.99. The van der Waals surface area contributed by atoms with Crippen LogP contribution >= 0.6 is 11.8 Å². The van der Waals surface area contributed by atoms with Crippen LogP contribution in [0.5, 0.6) is 0 Å². The molecule has 1 N–H and O–H groups in total. The van der Waals surface area contributed by atoms with Gasteiger partial charge in [0, 0.05) is 16.6 Å². The van der Waals surface area contributed by atoms with Gasteiger partial charge < -0.3 is 5.32 Å². The van der Waals surface area contributed by atoms with E-state index in [1.165, 1.54) is 5.56 Å². The second-order valence-electron chi connectivity index (χ2n) is 4.60. The first-order valence-corrected chi connectivity index (χ1v) is 7.31. The van der Waals surface area contributed by atoms with E-state index in [4.69, 9.17) is 0 Å². The highest BCUT2D eigenvalue weighted by Gasteiger charge is 2.20. The normalized spacial score (nSPS) is 18.9. The van der Waals surface area contributed by atoms with Crippen molar-refractivity contribution in [2.75, 3.05) is 5.32 Å². The van der Waals surface area contributed by atoms with Gasteiger partial charge in [0.15, 0.2) is 0 Å². The molecular formula is C16H15NOS. The zero-order valence-electron chi connectivity index (χ0n) is 10.5. The quantitative estimate of drug-likeness (QED) is 0.838. The number of para-hydroxylation sites is 1. The molecule has 1 atom stereocenters. The molecule has 2 aromatic rings. The predicted octanol–water partition coefficient (Wildman–Crippen LogP) is 4.25. The molecule has 0 spiro atoms. The van der Waals surface area contributed by atoms with Crippen molar-refractivity contribution in [2.24, 2.45) is 0 Å². The molecule has 0 saturated heterocycles. The maximum Gasteiger partial charge on any atom is 0.224 e. The third kappa shape index (κ3) is 2.82. The van der Waals surface area contributed by atoms with Crippen molar-refractivity contribution in [3.05, 3.63) is 60.2 Å². The van der Waals surface area contributed by atoms with Crippen molar-refractivity contribution < 1.29 is 4.79 Å². The van der Waals surface area contributed by atoms with Gasteiger partial charge in [-0.05, 0) is 24.1 Å². The Morgan fingerprint density at radius 2 is 1.74 bits per heavy atom. The highest BCUT2D eigenvalue weighted by atomic mass is 32.2. The summed E-state index contributed by atoms with van der Waals surface area (Å²) in [5, 5.41) is 3.32. The van der Waals surface area contributed by atoms with Gasteiger partial charge in [0.2, 0.25) is 5.91 Å². The zero-order chi connectivity index (χ0) is 13.1. The van der Waals surface area contributed by atoms with Crippen molar-refractivity contribution in [3.8, 4) is 0 Å². The number of anilines is 1. The van der Waals surface area contributed by atoms with Gasteiger partial charge in [0.25, 0.3) is 0 Å². The number of amides is 1. The summed E-state index contributed by atoms with van der Waals surface area (Å²) < 4.78 is 0. The van der Waals surface area contributed by atoms with Gasteiger partial charge in [-0.1, -0.05) is 42.5 Å². The lowest BCUT2D eigenvalue weighted by Gasteiger charge is -2.22. The van der Waals surface area contributed by atoms with E-state index in [9.17, 15) is 4.79 Å². The van der Waals surface area contributed by atoms with Crippen molar-refractivity contribution in [1.29, 1.82) is 0 Å². The fourth-order valence-electron chi connectivity index (χ4n) is 2.26. The molecule has 0 aliphatic carbocycles. The van der Waals surface area contributed by atoms with Crippen LogP contribution in [-0.4, -0.2) is 5.91 Å². The lowest BCUT2D eigenvalue weighted by molar-refractivity contribution is -0.116. The van der Waals surface area contributed by atoms with Gasteiger partial charge in [-0.2, -0.15) is 0 Å². The summed E-state index contributed by atoms with van der Waals surface area (Å²) in [5.74, 6) is 0.105. The Morgan fingerprint density at radius 1 is 1.00 bits per heavy atom. The Hall–Kier alpha value is -1.74. The number of carbonyl (C=O) groups is 1. The zero-order valence-corrected chi connectivity index (χ0v) is 11.3. The molecule has 1 aliphatic rings. The fourth-order valence-corrected chi connectivity index (χ4v) is 3.50. The lowest BCUT2D eigenvalue weighted by Crippen LogP contribution is -2.15. The number of hydrogen-bond donors (Lipinski definition) is 1. The van der Waals surface area contributed by atoms with Gasteiger partial charge in [0.1, 0.15) is 0 Å². The predicted molar refractivity (Wildman–Crippen MR) is 79.3 cm³/mol. The largest absolute Gasteiger partial charge is 0.325 e. The molecule has 1 aliphatic heterocycles. The number of benzene rings is 2. The minimum absolute atomic E-state index is 0.105. The van der Waals surface area contributed by atoms with Crippen LogP contribution in [0.3, 0.4) is 0 Å². The molecule has 96 valence electrons. The molecule has 1 amide bonds. The molecule has 2 aromatic carbocycles. The van der Waals surface area contributed by atoms with Gasteiger partial charge >= 0.3 is 0 Å². The van der Waals surface area contributed by atoms with Crippen LogP contribution in [0.4, 0.5) is 5.69 Å². The number of thioether (sulfide) groups is 1. The standard InChI is InChI=1S/C16H15NOS/c18-16-11-10-14(12-6-2-1-3-7-12)19-15-9-5-4-8-13(15)17-16/h1-9,14H,10-11H2,(H,17,18). The summed E-state index contributed by atoms with van der Waals surface area (Å²) in [6, 6.07) is 18.4. The molecule has 0 aromatic heterocycles. The number of nitrogens with one attached hydrogen (secondary N) is 1. The maximum absolute atomic E-state index is 11.9. The first kappa shape index (κ1) is 12.3. The van der Waals surface area contributed by atoms with Gasteiger partial charge in [-0.15, -0.1) is 11.8 Å². The SMILES string of the molecule is O=C1CCC(c2ccccc2)Sc2ccccc2N1. The molecule has 3 heteroatoms. The van der Waals surface area contributed by atoms with E-state index in [2.05, 4.69) is 35.6 Å². The topological polar surface area (TPSA) is 29.1 Å². The molecule has 2 nitrogen and oxygen atoms in total. The molecular weight excluding hydrogens is 254 g/mol. The first-order chi connectivity index (χ1) is 9.33. The Balaban J connectivity index is 1.95. The Bertz CT molecular complexity index is 582. The molecule has 3 rings (SSSR count). The van der Waals surface area contributed by atoms with E-state index in [-0.39, 0.29) is 5.91 Å². The van der Waals surface area contributed by atoms with Crippen molar-refractivity contribution in [2.45, 2.75) is 23.0 Å². The molecule has 0 fully saturated rings. The Labute approximate surface area is 117 Å². The van der Waals surface area contributed by atoms with E-state index < -0.39 is 0 Å². The van der Waals surface area contributed by atoms with Crippen LogP contribution in [0.1, 0.15) is 23.7 Å². The average Bonchev–Trinajstić information content (AvgIpc) is 2.44. The van der Waals surface area contributed by atoms with E-state index in [1.807, 2.05) is 36.0 Å². The van der Waals surface area contributed by atoms with Gasteiger partial charge in [-0.25, -0.2) is 0 Å². The van der Waals surface area contributed by atoms with Crippen LogP contribution in [0.15, 0.2) is 59.5 Å². The summed E-state index contributed by atoms with van der Waals surface area (Å²) in [6.07, 6.45) is 1.44. The minimum Gasteiger partial charge on any atom is -0.325 e. The molecule has 0 saturated carbocycles. The highest BCUT2D eigenvalue weighted by Crippen LogP contribution is 2.42. The molecule has 19 heavy (non-hydrogen) atoms. The third-order valence-electron chi connectivity index (χ3n) is 3.24. The van der Waals surface area contributed by atoms with Gasteiger partial charge in [0.05, 0.1) is 5.69 Å². The second-order valence-corrected chi connectivity index (χ2v) is 5.84. The van der Waals surface area contributed by atoms with Crippen molar-refractivity contribution in [1.82, 2.24) is 0 Å². The average molecular weight is 269 g/mol. The van der Waals surface area contributed by atoms with Crippen molar-refractivity contribution in [3.63, 3.8) is 0 Å². The van der Waals surface area contributed by atoms with Crippen LogP contribution in [0.2, 0.25) is 0 Å². The smallest absolute Gasteiger partial charge is 0.224 e. The first-order valence-electron chi connectivity index (χ1n) is 6.43. The van der Waals surface area contributed by atoms with Gasteiger partial charge in [-0.3, -0.25) is 4.79 Å².